The standard InChI is InChI=1S/C12H12F4N2O.ClH/c13-8-1-7(2-9(14)3-8)5-17-11(19)10-4-12(15,16)6-18-10;/h1-3,10,18H,4-6H2,(H,17,19);1H. The number of amides is 1. The Labute approximate surface area is 119 Å². The molecule has 1 aromatic rings. The number of carbonyl (C=O) groups is 1. The molecule has 0 radical (unpaired) electrons. The summed E-state index contributed by atoms with van der Waals surface area (Å²) >= 11 is 0. The summed E-state index contributed by atoms with van der Waals surface area (Å²) in [4.78, 5) is 11.6. The third-order valence-electron chi connectivity index (χ3n) is 2.82. The van der Waals surface area contributed by atoms with Gasteiger partial charge in [0.25, 0.3) is 5.92 Å². The Kier molecular flexibility index (Phi) is 5.35. The number of nitrogens with one attached hydrogen (secondary N) is 2. The van der Waals surface area contributed by atoms with Crippen LogP contribution in [0.5, 0.6) is 0 Å². The van der Waals surface area contributed by atoms with E-state index in [-0.39, 0.29) is 24.5 Å². The zero-order chi connectivity index (χ0) is 14.0. The number of halogens is 5. The van der Waals surface area contributed by atoms with Crippen molar-refractivity contribution in [2.24, 2.45) is 0 Å². The van der Waals surface area contributed by atoms with Crippen molar-refractivity contribution in [1.29, 1.82) is 0 Å². The van der Waals surface area contributed by atoms with Gasteiger partial charge in [-0.3, -0.25) is 10.1 Å². The Bertz CT molecular complexity index is 478. The number of hydrogen-bond donors (Lipinski definition) is 2. The summed E-state index contributed by atoms with van der Waals surface area (Å²) < 4.78 is 51.5. The van der Waals surface area contributed by atoms with Crippen molar-refractivity contribution in [2.45, 2.75) is 24.9 Å². The van der Waals surface area contributed by atoms with Crippen LogP contribution in [-0.2, 0) is 11.3 Å². The molecule has 3 nitrogen and oxygen atoms in total. The minimum absolute atomic E-state index is 0. The van der Waals surface area contributed by atoms with E-state index in [0.717, 1.165) is 12.1 Å². The van der Waals surface area contributed by atoms with E-state index in [1.807, 2.05) is 0 Å². The normalized spacial score (nSPS) is 20.3. The summed E-state index contributed by atoms with van der Waals surface area (Å²) in [5.74, 6) is -5.01. The minimum atomic E-state index is -2.90. The van der Waals surface area contributed by atoms with E-state index in [9.17, 15) is 22.4 Å². The number of benzene rings is 1. The lowest BCUT2D eigenvalue weighted by molar-refractivity contribution is -0.123. The van der Waals surface area contributed by atoms with Gasteiger partial charge in [0.2, 0.25) is 5.91 Å². The number of hydrogen-bond acceptors (Lipinski definition) is 2. The van der Waals surface area contributed by atoms with Crippen LogP contribution in [0.25, 0.3) is 0 Å². The summed E-state index contributed by atoms with van der Waals surface area (Å²) in [6, 6.07) is 1.87. The van der Waals surface area contributed by atoms with Gasteiger partial charge in [0, 0.05) is 19.0 Å². The fourth-order valence-electron chi connectivity index (χ4n) is 1.93. The van der Waals surface area contributed by atoms with Crippen molar-refractivity contribution < 1.29 is 22.4 Å². The van der Waals surface area contributed by atoms with E-state index in [1.54, 1.807) is 0 Å². The molecule has 1 aromatic carbocycles. The third kappa shape index (κ3) is 4.35. The maximum absolute atomic E-state index is 12.9. The molecule has 1 aliphatic heterocycles. The molecule has 0 saturated carbocycles. The van der Waals surface area contributed by atoms with Crippen molar-refractivity contribution in [3.05, 3.63) is 35.4 Å². The summed E-state index contributed by atoms with van der Waals surface area (Å²) in [7, 11) is 0. The lowest BCUT2D eigenvalue weighted by Crippen LogP contribution is -2.40. The smallest absolute Gasteiger partial charge is 0.262 e. The van der Waals surface area contributed by atoms with Gasteiger partial charge in [0.05, 0.1) is 12.6 Å². The zero-order valence-corrected chi connectivity index (χ0v) is 11.1. The summed E-state index contributed by atoms with van der Waals surface area (Å²) in [5.41, 5.74) is 0.232. The molecule has 0 aromatic heterocycles. The molecule has 112 valence electrons. The quantitative estimate of drug-likeness (QED) is 0.838. The molecule has 8 heteroatoms. The highest BCUT2D eigenvalue weighted by Crippen LogP contribution is 2.25. The first-order valence-electron chi connectivity index (χ1n) is 5.70. The molecule has 1 unspecified atom stereocenters. The third-order valence-corrected chi connectivity index (χ3v) is 2.82. The van der Waals surface area contributed by atoms with Crippen LogP contribution in [-0.4, -0.2) is 24.4 Å². The highest BCUT2D eigenvalue weighted by atomic mass is 35.5. The molecule has 2 rings (SSSR count). The minimum Gasteiger partial charge on any atom is -0.351 e. The van der Waals surface area contributed by atoms with E-state index in [2.05, 4.69) is 10.6 Å². The maximum atomic E-state index is 12.9. The number of carbonyl (C=O) groups excluding carboxylic acids is 1. The fourth-order valence-corrected chi connectivity index (χ4v) is 1.93. The Hall–Kier alpha value is -1.34. The Balaban J connectivity index is 0.00000200. The second-order valence-electron chi connectivity index (χ2n) is 4.49. The fraction of sp³-hybridized carbons (Fsp3) is 0.417. The van der Waals surface area contributed by atoms with Crippen molar-refractivity contribution in [2.75, 3.05) is 6.54 Å². The lowest BCUT2D eigenvalue weighted by atomic mass is 10.1. The SMILES string of the molecule is Cl.O=C(NCc1cc(F)cc(F)c1)C1CC(F)(F)CN1. The average Bonchev–Trinajstić information content (AvgIpc) is 2.65. The van der Waals surface area contributed by atoms with Crippen LogP contribution in [0.3, 0.4) is 0 Å². The molecule has 1 aliphatic rings. The van der Waals surface area contributed by atoms with Crippen molar-refractivity contribution in [3.63, 3.8) is 0 Å². The van der Waals surface area contributed by atoms with Gasteiger partial charge in [-0.05, 0) is 17.7 Å². The van der Waals surface area contributed by atoms with Crippen LogP contribution >= 0.6 is 12.4 Å². The molecular weight excluding hydrogens is 300 g/mol. The molecular formula is C12H13ClF4N2O. The van der Waals surface area contributed by atoms with Gasteiger partial charge < -0.3 is 5.32 Å². The van der Waals surface area contributed by atoms with Crippen LogP contribution < -0.4 is 10.6 Å². The highest BCUT2D eigenvalue weighted by Gasteiger charge is 2.42. The van der Waals surface area contributed by atoms with Crippen molar-refractivity contribution >= 4 is 18.3 Å². The predicted octanol–water partition coefficient (Wildman–Crippen LogP) is 2.00. The molecule has 1 fully saturated rings. The molecule has 1 saturated heterocycles. The first-order valence-corrected chi connectivity index (χ1v) is 5.70. The lowest BCUT2D eigenvalue weighted by Gasteiger charge is -2.11. The zero-order valence-electron chi connectivity index (χ0n) is 10.3. The van der Waals surface area contributed by atoms with Gasteiger partial charge in [0.15, 0.2) is 0 Å². The molecule has 0 aliphatic carbocycles. The average molecular weight is 313 g/mol. The van der Waals surface area contributed by atoms with E-state index in [1.165, 1.54) is 0 Å². The van der Waals surface area contributed by atoms with Crippen LogP contribution in [0.1, 0.15) is 12.0 Å². The van der Waals surface area contributed by atoms with Gasteiger partial charge in [-0.1, -0.05) is 0 Å². The van der Waals surface area contributed by atoms with Crippen LogP contribution in [0.15, 0.2) is 18.2 Å². The molecule has 20 heavy (non-hydrogen) atoms. The second-order valence-corrected chi connectivity index (χ2v) is 4.49. The Morgan fingerprint density at radius 2 is 1.90 bits per heavy atom. The van der Waals surface area contributed by atoms with Gasteiger partial charge in [-0.25, -0.2) is 17.6 Å². The highest BCUT2D eigenvalue weighted by molar-refractivity contribution is 5.85. The topological polar surface area (TPSA) is 41.1 Å². The van der Waals surface area contributed by atoms with Crippen LogP contribution in [0.2, 0.25) is 0 Å². The van der Waals surface area contributed by atoms with Gasteiger partial charge in [-0.15, -0.1) is 12.4 Å². The number of rotatable bonds is 3. The Morgan fingerprint density at radius 3 is 2.40 bits per heavy atom. The molecule has 0 bridgehead atoms. The van der Waals surface area contributed by atoms with Crippen molar-refractivity contribution in [3.8, 4) is 0 Å². The first kappa shape index (κ1) is 16.7. The molecule has 1 atom stereocenters. The van der Waals surface area contributed by atoms with E-state index in [0.29, 0.717) is 6.07 Å². The summed E-state index contributed by atoms with van der Waals surface area (Å²) in [6.07, 6.45) is -0.573. The first-order chi connectivity index (χ1) is 8.85. The predicted molar refractivity (Wildman–Crippen MR) is 66.8 cm³/mol. The van der Waals surface area contributed by atoms with Gasteiger partial charge >= 0.3 is 0 Å². The molecule has 1 amide bonds. The maximum Gasteiger partial charge on any atom is 0.262 e. The summed E-state index contributed by atoms with van der Waals surface area (Å²) in [5, 5.41) is 4.76. The van der Waals surface area contributed by atoms with E-state index >= 15 is 0 Å². The van der Waals surface area contributed by atoms with E-state index in [4.69, 9.17) is 0 Å². The summed E-state index contributed by atoms with van der Waals surface area (Å²) in [6.45, 7) is -0.656. The van der Waals surface area contributed by atoms with Crippen LogP contribution in [0.4, 0.5) is 17.6 Å². The molecule has 0 spiro atoms. The van der Waals surface area contributed by atoms with Gasteiger partial charge in [-0.2, -0.15) is 0 Å². The van der Waals surface area contributed by atoms with E-state index < -0.39 is 42.5 Å². The Morgan fingerprint density at radius 1 is 1.30 bits per heavy atom. The second kappa shape index (κ2) is 6.41. The van der Waals surface area contributed by atoms with Crippen molar-refractivity contribution in [1.82, 2.24) is 10.6 Å². The monoisotopic (exact) mass is 312 g/mol. The van der Waals surface area contributed by atoms with Crippen LogP contribution in [0, 0.1) is 11.6 Å². The molecule has 1 heterocycles. The number of alkyl halides is 2. The van der Waals surface area contributed by atoms with Gasteiger partial charge in [0.1, 0.15) is 11.6 Å². The largest absolute Gasteiger partial charge is 0.351 e. The molecule has 2 N–H and O–H groups in total.